The Morgan fingerprint density at radius 2 is 2.12 bits per heavy atom. The van der Waals surface area contributed by atoms with Crippen LogP contribution in [-0.4, -0.2) is 34.8 Å². The number of piperidine rings is 1. The fourth-order valence-electron chi connectivity index (χ4n) is 2.80. The van der Waals surface area contributed by atoms with Gasteiger partial charge in [-0.15, -0.1) is 11.3 Å². The van der Waals surface area contributed by atoms with Crippen molar-refractivity contribution in [2.75, 3.05) is 18.4 Å². The van der Waals surface area contributed by atoms with Crippen LogP contribution in [0.15, 0.2) is 46.8 Å². The number of hydrogen-bond acceptors (Lipinski definition) is 4. The Hall–Kier alpha value is -1.99. The predicted octanol–water partition coefficient (Wildman–Crippen LogP) is 3.94. The van der Waals surface area contributed by atoms with Gasteiger partial charge < -0.3 is 10.2 Å². The topological polar surface area (TPSA) is 62.3 Å². The van der Waals surface area contributed by atoms with Gasteiger partial charge in [0.25, 0.3) is 0 Å². The molecule has 3 rings (SSSR count). The number of aromatic nitrogens is 1. The second-order valence-electron chi connectivity index (χ2n) is 5.86. The lowest BCUT2D eigenvalue weighted by Gasteiger charge is -2.31. The molecular formula is C18H18BrN3O2S. The van der Waals surface area contributed by atoms with Gasteiger partial charge in [0, 0.05) is 28.5 Å². The van der Waals surface area contributed by atoms with Crippen LogP contribution in [0.5, 0.6) is 0 Å². The summed E-state index contributed by atoms with van der Waals surface area (Å²) in [6.45, 7) is 4.62. The molecule has 1 aliphatic rings. The molecule has 1 saturated heterocycles. The van der Waals surface area contributed by atoms with E-state index in [1.54, 1.807) is 4.90 Å². The fourth-order valence-corrected chi connectivity index (χ4v) is 3.83. The summed E-state index contributed by atoms with van der Waals surface area (Å²) in [6, 6.07) is 7.88. The van der Waals surface area contributed by atoms with E-state index in [1.807, 2.05) is 29.6 Å². The molecule has 0 bridgehead atoms. The largest absolute Gasteiger partial charge is 0.338 e. The van der Waals surface area contributed by atoms with Crippen LogP contribution < -0.4 is 5.32 Å². The Kier molecular flexibility index (Phi) is 5.65. The molecule has 2 aromatic rings. The zero-order valence-electron chi connectivity index (χ0n) is 13.6. The molecular weight excluding hydrogens is 402 g/mol. The number of benzene rings is 1. The highest BCUT2D eigenvalue weighted by Gasteiger charge is 2.27. The first-order valence-corrected chi connectivity index (χ1v) is 9.68. The smallest absolute Gasteiger partial charge is 0.245 e. The molecule has 1 aliphatic heterocycles. The van der Waals surface area contributed by atoms with Crippen LogP contribution in [0.2, 0.25) is 0 Å². The van der Waals surface area contributed by atoms with Crippen molar-refractivity contribution in [1.82, 2.24) is 9.88 Å². The van der Waals surface area contributed by atoms with Crippen molar-refractivity contribution in [3.63, 3.8) is 0 Å². The van der Waals surface area contributed by atoms with Crippen LogP contribution in [0.3, 0.4) is 0 Å². The molecule has 1 atom stereocenters. The van der Waals surface area contributed by atoms with E-state index in [9.17, 15) is 9.59 Å². The molecule has 1 aromatic carbocycles. The van der Waals surface area contributed by atoms with Gasteiger partial charge in [-0.3, -0.25) is 9.59 Å². The second-order valence-corrected chi connectivity index (χ2v) is 7.64. The maximum atomic E-state index is 12.5. The number of amides is 2. The minimum absolute atomic E-state index is 0.0887. The van der Waals surface area contributed by atoms with Crippen LogP contribution in [0.25, 0.3) is 10.6 Å². The monoisotopic (exact) mass is 419 g/mol. The first-order valence-electron chi connectivity index (χ1n) is 8.00. The number of hydrogen-bond donors (Lipinski definition) is 1. The molecule has 1 unspecified atom stereocenters. The van der Waals surface area contributed by atoms with Gasteiger partial charge in [-0.2, -0.15) is 0 Å². The highest BCUT2D eigenvalue weighted by atomic mass is 79.9. The average molecular weight is 420 g/mol. The molecule has 130 valence electrons. The number of carbonyl (C=O) groups excluding carboxylic acids is 2. The predicted molar refractivity (Wildman–Crippen MR) is 103 cm³/mol. The van der Waals surface area contributed by atoms with Crippen molar-refractivity contribution in [3.8, 4) is 10.6 Å². The summed E-state index contributed by atoms with van der Waals surface area (Å²) in [5.41, 5.74) is 1.01. The fraction of sp³-hybridized carbons (Fsp3) is 0.278. The molecule has 2 heterocycles. The van der Waals surface area contributed by atoms with E-state index in [2.05, 4.69) is 32.8 Å². The number of anilines is 1. The molecule has 0 aliphatic carbocycles. The number of nitrogens with zero attached hydrogens (tertiary/aromatic N) is 2. The van der Waals surface area contributed by atoms with Crippen molar-refractivity contribution >= 4 is 44.9 Å². The Bertz CT molecular complexity index is 788. The van der Waals surface area contributed by atoms with Crippen LogP contribution >= 0.6 is 27.3 Å². The molecule has 1 aromatic heterocycles. The summed E-state index contributed by atoms with van der Waals surface area (Å²) in [7, 11) is 0. The van der Waals surface area contributed by atoms with E-state index in [4.69, 9.17) is 0 Å². The van der Waals surface area contributed by atoms with Crippen molar-refractivity contribution in [2.24, 2.45) is 5.92 Å². The number of carbonyl (C=O) groups is 2. The lowest BCUT2D eigenvalue weighted by molar-refractivity contribution is -0.130. The summed E-state index contributed by atoms with van der Waals surface area (Å²) in [4.78, 5) is 30.4. The Labute approximate surface area is 158 Å². The number of halogens is 1. The molecule has 25 heavy (non-hydrogen) atoms. The average Bonchev–Trinajstić information content (AvgIpc) is 3.10. The first-order chi connectivity index (χ1) is 12.1. The molecule has 0 radical (unpaired) electrons. The Morgan fingerprint density at radius 3 is 2.84 bits per heavy atom. The molecule has 1 fully saturated rings. The molecule has 2 amide bonds. The third-order valence-corrected chi connectivity index (χ3v) is 5.55. The van der Waals surface area contributed by atoms with Gasteiger partial charge in [0.2, 0.25) is 11.8 Å². The van der Waals surface area contributed by atoms with Gasteiger partial charge in [-0.25, -0.2) is 4.98 Å². The van der Waals surface area contributed by atoms with Gasteiger partial charge >= 0.3 is 0 Å². The SMILES string of the molecule is C=CC(=O)N1CCCC(C(=O)Nc2csc(-c3ccc(Br)cc3)n2)C1. The molecule has 7 heteroatoms. The molecule has 0 spiro atoms. The van der Waals surface area contributed by atoms with E-state index in [-0.39, 0.29) is 17.7 Å². The summed E-state index contributed by atoms with van der Waals surface area (Å²) in [5, 5.41) is 5.57. The zero-order valence-corrected chi connectivity index (χ0v) is 16.0. The van der Waals surface area contributed by atoms with E-state index >= 15 is 0 Å². The zero-order chi connectivity index (χ0) is 17.8. The third-order valence-electron chi connectivity index (χ3n) is 4.13. The quantitative estimate of drug-likeness (QED) is 0.763. The standard InChI is InChI=1S/C18H18BrN3O2S/c1-2-16(23)22-9-3-4-13(10-22)17(24)20-15-11-25-18(21-15)12-5-7-14(19)8-6-12/h2,5-8,11,13H,1,3-4,9-10H2,(H,20,24). The normalized spacial score (nSPS) is 17.2. The number of nitrogens with one attached hydrogen (secondary N) is 1. The van der Waals surface area contributed by atoms with Crippen LogP contribution in [0.4, 0.5) is 5.82 Å². The maximum Gasteiger partial charge on any atom is 0.245 e. The van der Waals surface area contributed by atoms with Crippen molar-refractivity contribution in [3.05, 3.63) is 46.8 Å². The summed E-state index contributed by atoms with van der Waals surface area (Å²) in [5.74, 6) is 0.133. The first kappa shape index (κ1) is 17.8. The highest BCUT2D eigenvalue weighted by molar-refractivity contribution is 9.10. The highest BCUT2D eigenvalue weighted by Crippen LogP contribution is 2.27. The number of thiazole rings is 1. The summed E-state index contributed by atoms with van der Waals surface area (Å²) in [6.07, 6.45) is 2.89. The third kappa shape index (κ3) is 4.35. The molecule has 1 N–H and O–H groups in total. The van der Waals surface area contributed by atoms with Gasteiger partial charge in [0.1, 0.15) is 10.8 Å². The second kappa shape index (κ2) is 7.93. The van der Waals surface area contributed by atoms with Crippen molar-refractivity contribution in [2.45, 2.75) is 12.8 Å². The van der Waals surface area contributed by atoms with Crippen molar-refractivity contribution in [1.29, 1.82) is 0 Å². The van der Waals surface area contributed by atoms with Crippen LogP contribution in [0.1, 0.15) is 12.8 Å². The summed E-state index contributed by atoms with van der Waals surface area (Å²) < 4.78 is 1.01. The van der Waals surface area contributed by atoms with Crippen LogP contribution in [-0.2, 0) is 9.59 Å². The van der Waals surface area contributed by atoms with E-state index in [0.717, 1.165) is 27.9 Å². The van der Waals surface area contributed by atoms with Gasteiger partial charge in [0.05, 0.1) is 5.92 Å². The van der Waals surface area contributed by atoms with E-state index in [0.29, 0.717) is 18.9 Å². The number of rotatable bonds is 4. The number of likely N-dealkylation sites (tertiary alicyclic amines) is 1. The minimum atomic E-state index is -0.213. The maximum absolute atomic E-state index is 12.5. The molecule has 5 nitrogen and oxygen atoms in total. The van der Waals surface area contributed by atoms with Crippen molar-refractivity contribution < 1.29 is 9.59 Å². The van der Waals surface area contributed by atoms with E-state index in [1.165, 1.54) is 17.4 Å². The van der Waals surface area contributed by atoms with E-state index < -0.39 is 0 Å². The Balaban J connectivity index is 1.64. The summed E-state index contributed by atoms with van der Waals surface area (Å²) >= 11 is 4.90. The van der Waals surface area contributed by atoms with Gasteiger partial charge in [0.15, 0.2) is 0 Å². The lowest BCUT2D eigenvalue weighted by Crippen LogP contribution is -2.43. The van der Waals surface area contributed by atoms with Gasteiger partial charge in [-0.1, -0.05) is 34.6 Å². The molecule has 0 saturated carbocycles. The minimum Gasteiger partial charge on any atom is -0.338 e. The lowest BCUT2D eigenvalue weighted by atomic mass is 9.97. The Morgan fingerprint density at radius 1 is 1.36 bits per heavy atom. The van der Waals surface area contributed by atoms with Crippen LogP contribution in [0, 0.1) is 5.92 Å². The van der Waals surface area contributed by atoms with Gasteiger partial charge in [-0.05, 0) is 31.1 Å².